The molecule has 0 spiro atoms. The van der Waals surface area contributed by atoms with Crippen LogP contribution in [0.3, 0.4) is 0 Å². The maximum absolute atomic E-state index is 12.8. The molecule has 1 aromatic rings. The summed E-state index contributed by atoms with van der Waals surface area (Å²) in [6.45, 7) is 3.15. The Bertz CT molecular complexity index is 528. The van der Waals surface area contributed by atoms with Crippen molar-refractivity contribution in [2.24, 2.45) is 17.4 Å². The first-order chi connectivity index (χ1) is 10.4. The van der Waals surface area contributed by atoms with Gasteiger partial charge in [0.15, 0.2) is 0 Å². The molecule has 1 fully saturated rings. The lowest BCUT2D eigenvalue weighted by Gasteiger charge is -2.37. The van der Waals surface area contributed by atoms with Gasteiger partial charge in [-0.15, -0.1) is 0 Å². The van der Waals surface area contributed by atoms with Gasteiger partial charge in [0.25, 0.3) is 0 Å². The maximum atomic E-state index is 12.8. The fraction of sp³-hybridized carbons (Fsp3) is 0.529. The van der Waals surface area contributed by atoms with Crippen LogP contribution in [0.2, 0.25) is 0 Å². The summed E-state index contributed by atoms with van der Waals surface area (Å²) in [6, 6.07) is 9.45. The van der Waals surface area contributed by atoms with Crippen LogP contribution in [0.25, 0.3) is 0 Å². The van der Waals surface area contributed by atoms with Crippen LogP contribution in [0.5, 0.6) is 0 Å². The van der Waals surface area contributed by atoms with Crippen molar-refractivity contribution in [2.75, 3.05) is 13.1 Å². The zero-order valence-corrected chi connectivity index (χ0v) is 13.1. The van der Waals surface area contributed by atoms with Crippen molar-refractivity contribution in [1.82, 2.24) is 4.90 Å². The van der Waals surface area contributed by atoms with E-state index in [9.17, 15) is 9.59 Å². The molecule has 2 atom stereocenters. The van der Waals surface area contributed by atoms with Gasteiger partial charge in [-0.25, -0.2) is 0 Å². The summed E-state index contributed by atoms with van der Waals surface area (Å²) in [6.07, 6.45) is 3.10. The molecule has 1 aliphatic heterocycles. The van der Waals surface area contributed by atoms with E-state index < -0.39 is 5.54 Å². The first-order valence-electron chi connectivity index (χ1n) is 7.83. The van der Waals surface area contributed by atoms with Gasteiger partial charge in [0.2, 0.25) is 11.8 Å². The molecule has 0 bridgehead atoms. The normalized spacial score (nSPS) is 21.2. The molecule has 120 valence electrons. The highest BCUT2D eigenvalue weighted by atomic mass is 16.2. The van der Waals surface area contributed by atoms with Crippen molar-refractivity contribution in [3.8, 4) is 0 Å². The molecule has 0 saturated carbocycles. The van der Waals surface area contributed by atoms with Crippen LogP contribution in [-0.2, 0) is 15.1 Å². The molecule has 22 heavy (non-hydrogen) atoms. The van der Waals surface area contributed by atoms with Crippen LogP contribution in [0.15, 0.2) is 30.3 Å². The van der Waals surface area contributed by atoms with Crippen molar-refractivity contribution >= 4 is 11.8 Å². The summed E-state index contributed by atoms with van der Waals surface area (Å²) >= 11 is 0. The Hall–Kier alpha value is -1.88. The summed E-state index contributed by atoms with van der Waals surface area (Å²) in [5.74, 6) is -0.00403. The Morgan fingerprint density at radius 2 is 2.00 bits per heavy atom. The van der Waals surface area contributed by atoms with Crippen molar-refractivity contribution in [2.45, 2.75) is 38.1 Å². The number of amides is 2. The molecule has 0 radical (unpaired) electrons. The number of rotatable bonds is 5. The van der Waals surface area contributed by atoms with Gasteiger partial charge < -0.3 is 16.4 Å². The first-order valence-corrected chi connectivity index (χ1v) is 7.83. The van der Waals surface area contributed by atoms with Gasteiger partial charge in [0, 0.05) is 19.5 Å². The lowest BCUT2D eigenvalue weighted by atomic mass is 9.88. The highest BCUT2D eigenvalue weighted by Gasteiger charge is 2.36. The predicted molar refractivity (Wildman–Crippen MR) is 85.7 cm³/mol. The van der Waals surface area contributed by atoms with Crippen molar-refractivity contribution in [3.05, 3.63) is 35.9 Å². The number of benzene rings is 1. The highest BCUT2D eigenvalue weighted by molar-refractivity contribution is 5.87. The zero-order chi connectivity index (χ0) is 16.2. The number of piperidine rings is 1. The Labute approximate surface area is 131 Å². The molecular formula is C17H25N3O2. The second kappa shape index (κ2) is 6.92. The molecule has 0 aliphatic carbocycles. The van der Waals surface area contributed by atoms with E-state index in [1.165, 1.54) is 0 Å². The van der Waals surface area contributed by atoms with E-state index in [1.54, 1.807) is 6.92 Å². The van der Waals surface area contributed by atoms with E-state index in [2.05, 4.69) is 0 Å². The molecule has 5 nitrogen and oxygen atoms in total. The van der Waals surface area contributed by atoms with Gasteiger partial charge in [0.1, 0.15) is 5.54 Å². The van der Waals surface area contributed by atoms with Gasteiger partial charge in [0.05, 0.1) is 0 Å². The second-order valence-electron chi connectivity index (χ2n) is 6.33. The molecule has 2 unspecified atom stereocenters. The number of likely N-dealkylation sites (tertiary alicyclic amines) is 1. The molecule has 1 heterocycles. The monoisotopic (exact) mass is 303 g/mol. The van der Waals surface area contributed by atoms with E-state index >= 15 is 0 Å². The SMILES string of the molecule is CC(N)(C(=O)N1CCCC(CCC(N)=O)C1)c1ccccc1. The fourth-order valence-electron chi connectivity index (χ4n) is 3.07. The summed E-state index contributed by atoms with van der Waals surface area (Å²) in [5, 5.41) is 0. The number of primary amides is 1. The van der Waals surface area contributed by atoms with E-state index in [0.717, 1.165) is 31.4 Å². The number of hydrogen-bond donors (Lipinski definition) is 2. The maximum Gasteiger partial charge on any atom is 0.246 e. The molecular weight excluding hydrogens is 278 g/mol. The standard InChI is InChI=1S/C17H25N3O2/c1-17(19,14-7-3-2-4-8-14)16(22)20-11-5-6-13(12-20)9-10-15(18)21/h2-4,7-8,13H,5-6,9-12,19H2,1H3,(H2,18,21). The Balaban J connectivity index is 2.03. The number of carbonyl (C=O) groups excluding carboxylic acids is 2. The smallest absolute Gasteiger partial charge is 0.246 e. The Kier molecular flexibility index (Phi) is 5.19. The first kappa shape index (κ1) is 16.5. The van der Waals surface area contributed by atoms with Crippen LogP contribution in [0.4, 0.5) is 0 Å². The van der Waals surface area contributed by atoms with Gasteiger partial charge in [-0.2, -0.15) is 0 Å². The number of carbonyl (C=O) groups is 2. The lowest BCUT2D eigenvalue weighted by molar-refractivity contribution is -0.138. The molecule has 1 saturated heterocycles. The quantitative estimate of drug-likeness (QED) is 0.860. The van der Waals surface area contributed by atoms with Crippen LogP contribution in [0.1, 0.15) is 38.2 Å². The van der Waals surface area contributed by atoms with Crippen LogP contribution in [-0.4, -0.2) is 29.8 Å². The minimum Gasteiger partial charge on any atom is -0.370 e. The third-order valence-corrected chi connectivity index (χ3v) is 4.42. The highest BCUT2D eigenvalue weighted by Crippen LogP contribution is 2.26. The predicted octanol–water partition coefficient (Wildman–Crippen LogP) is 1.36. The molecule has 1 aromatic carbocycles. The van der Waals surface area contributed by atoms with Gasteiger partial charge in [-0.1, -0.05) is 30.3 Å². The van der Waals surface area contributed by atoms with Crippen LogP contribution in [0, 0.1) is 5.92 Å². The van der Waals surface area contributed by atoms with Gasteiger partial charge in [-0.05, 0) is 37.7 Å². The zero-order valence-electron chi connectivity index (χ0n) is 13.1. The Morgan fingerprint density at radius 1 is 1.32 bits per heavy atom. The number of hydrogen-bond acceptors (Lipinski definition) is 3. The molecule has 5 heteroatoms. The van der Waals surface area contributed by atoms with E-state index in [-0.39, 0.29) is 11.8 Å². The van der Waals surface area contributed by atoms with Crippen molar-refractivity contribution in [3.63, 3.8) is 0 Å². The fourth-order valence-corrected chi connectivity index (χ4v) is 3.07. The summed E-state index contributed by atoms with van der Waals surface area (Å²) in [7, 11) is 0. The molecule has 1 aliphatic rings. The summed E-state index contributed by atoms with van der Waals surface area (Å²) in [5.41, 5.74) is 11.3. The van der Waals surface area contributed by atoms with Gasteiger partial charge in [-0.3, -0.25) is 9.59 Å². The largest absolute Gasteiger partial charge is 0.370 e. The third kappa shape index (κ3) is 3.85. The van der Waals surface area contributed by atoms with Crippen molar-refractivity contribution < 1.29 is 9.59 Å². The van der Waals surface area contributed by atoms with Crippen LogP contribution >= 0.6 is 0 Å². The second-order valence-corrected chi connectivity index (χ2v) is 6.33. The van der Waals surface area contributed by atoms with E-state index in [0.29, 0.717) is 18.9 Å². The summed E-state index contributed by atoms with van der Waals surface area (Å²) in [4.78, 5) is 25.6. The Morgan fingerprint density at radius 3 is 2.64 bits per heavy atom. The van der Waals surface area contributed by atoms with E-state index in [1.807, 2.05) is 35.2 Å². The number of nitrogens with zero attached hydrogens (tertiary/aromatic N) is 1. The van der Waals surface area contributed by atoms with Crippen LogP contribution < -0.4 is 11.5 Å². The number of nitrogens with two attached hydrogens (primary N) is 2. The molecule has 2 amide bonds. The minimum absolute atomic E-state index is 0.0533. The lowest BCUT2D eigenvalue weighted by Crippen LogP contribution is -2.53. The molecule has 4 N–H and O–H groups in total. The summed E-state index contributed by atoms with van der Waals surface area (Å²) < 4.78 is 0. The van der Waals surface area contributed by atoms with Crippen molar-refractivity contribution in [1.29, 1.82) is 0 Å². The van der Waals surface area contributed by atoms with E-state index in [4.69, 9.17) is 11.5 Å². The minimum atomic E-state index is -1.02. The molecule has 2 rings (SSSR count). The molecule has 0 aromatic heterocycles. The topological polar surface area (TPSA) is 89.4 Å². The third-order valence-electron chi connectivity index (χ3n) is 4.42. The average Bonchev–Trinajstić information content (AvgIpc) is 2.53. The van der Waals surface area contributed by atoms with Gasteiger partial charge >= 0.3 is 0 Å². The average molecular weight is 303 g/mol.